The molecule has 0 spiro atoms. The molecule has 2 aliphatic rings. The lowest BCUT2D eigenvalue weighted by Gasteiger charge is -2.36. The molecule has 3 aromatic heterocycles. The molecule has 0 N–H and O–H groups in total. The maximum atomic E-state index is 5.06. The lowest BCUT2D eigenvalue weighted by Crippen LogP contribution is -2.47. The molecule has 31 heavy (non-hydrogen) atoms. The van der Waals surface area contributed by atoms with Gasteiger partial charge >= 0.3 is 0 Å². The molecular formula is C22H23N7S2. The number of thiophene rings is 1. The zero-order chi connectivity index (χ0) is 20.6. The molecule has 4 aromatic rings. The van der Waals surface area contributed by atoms with E-state index in [9.17, 15) is 0 Å². The Balaban J connectivity index is 1.24. The van der Waals surface area contributed by atoms with Gasteiger partial charge in [0.2, 0.25) is 5.13 Å². The highest BCUT2D eigenvalue weighted by Gasteiger charge is 2.27. The quantitative estimate of drug-likeness (QED) is 0.464. The molecule has 0 aliphatic carbocycles. The van der Waals surface area contributed by atoms with E-state index in [2.05, 4.69) is 54.5 Å². The van der Waals surface area contributed by atoms with Crippen molar-refractivity contribution in [2.75, 3.05) is 54.0 Å². The molecule has 2 saturated heterocycles. The largest absolute Gasteiger partial charge is 0.354 e. The van der Waals surface area contributed by atoms with Crippen molar-refractivity contribution in [3.63, 3.8) is 0 Å². The third-order valence-corrected chi connectivity index (χ3v) is 7.96. The molecule has 0 unspecified atom stereocenters. The molecule has 1 aromatic carbocycles. The molecule has 7 nitrogen and oxygen atoms in total. The number of hydrogen-bond donors (Lipinski definition) is 0. The van der Waals surface area contributed by atoms with E-state index < -0.39 is 0 Å². The van der Waals surface area contributed by atoms with Crippen LogP contribution in [0.25, 0.3) is 20.9 Å². The van der Waals surface area contributed by atoms with Crippen molar-refractivity contribution in [2.45, 2.75) is 12.8 Å². The number of piperazine rings is 1. The summed E-state index contributed by atoms with van der Waals surface area (Å²) in [7, 11) is 0. The van der Waals surface area contributed by atoms with Crippen LogP contribution in [0.5, 0.6) is 0 Å². The third kappa shape index (κ3) is 3.61. The summed E-state index contributed by atoms with van der Waals surface area (Å²) in [5, 5.41) is 13.0. The smallest absolute Gasteiger partial charge is 0.208 e. The number of aromatic nitrogens is 4. The fourth-order valence-electron chi connectivity index (χ4n) is 4.29. The maximum absolute atomic E-state index is 5.06. The van der Waals surface area contributed by atoms with Gasteiger partial charge in [-0.25, -0.2) is 9.97 Å². The van der Waals surface area contributed by atoms with Crippen molar-refractivity contribution in [2.24, 2.45) is 0 Å². The number of para-hydroxylation sites is 2. The second-order valence-electron chi connectivity index (χ2n) is 7.89. The Morgan fingerprint density at radius 1 is 0.677 bits per heavy atom. The highest BCUT2D eigenvalue weighted by atomic mass is 32.1. The Labute approximate surface area is 189 Å². The molecule has 0 bridgehead atoms. The van der Waals surface area contributed by atoms with Gasteiger partial charge in [0.25, 0.3) is 0 Å². The summed E-state index contributed by atoms with van der Waals surface area (Å²) in [6, 6.07) is 12.4. The van der Waals surface area contributed by atoms with Crippen LogP contribution in [0, 0.1) is 0 Å². The minimum absolute atomic E-state index is 0.905. The number of anilines is 3. The van der Waals surface area contributed by atoms with E-state index in [-0.39, 0.29) is 0 Å². The molecule has 6 rings (SSSR count). The molecule has 2 fully saturated rings. The maximum Gasteiger partial charge on any atom is 0.208 e. The van der Waals surface area contributed by atoms with Crippen LogP contribution in [0.15, 0.2) is 41.8 Å². The van der Waals surface area contributed by atoms with Crippen LogP contribution in [0.1, 0.15) is 12.8 Å². The Kier molecular flexibility index (Phi) is 4.92. The fourth-order valence-corrected chi connectivity index (χ4v) is 5.98. The molecule has 158 valence electrons. The second-order valence-corrected chi connectivity index (χ2v) is 9.80. The Morgan fingerprint density at radius 3 is 1.97 bits per heavy atom. The van der Waals surface area contributed by atoms with Crippen LogP contribution in [-0.4, -0.2) is 59.4 Å². The molecule has 0 atom stereocenters. The number of hydrogen-bond acceptors (Lipinski definition) is 9. The van der Waals surface area contributed by atoms with Gasteiger partial charge in [0.15, 0.2) is 16.6 Å². The van der Waals surface area contributed by atoms with E-state index in [4.69, 9.17) is 9.97 Å². The zero-order valence-corrected chi connectivity index (χ0v) is 18.8. The second kappa shape index (κ2) is 8.05. The van der Waals surface area contributed by atoms with Crippen LogP contribution in [0.2, 0.25) is 0 Å². The van der Waals surface area contributed by atoms with Crippen LogP contribution >= 0.6 is 22.7 Å². The van der Waals surface area contributed by atoms with Crippen molar-refractivity contribution in [1.82, 2.24) is 20.2 Å². The van der Waals surface area contributed by atoms with Gasteiger partial charge in [0.05, 0.1) is 15.9 Å². The van der Waals surface area contributed by atoms with Gasteiger partial charge < -0.3 is 14.7 Å². The number of fused-ring (bicyclic) bond motifs is 1. The van der Waals surface area contributed by atoms with E-state index in [0.29, 0.717) is 0 Å². The first kappa shape index (κ1) is 18.9. The normalized spacial score (nSPS) is 17.1. The molecule has 0 saturated carbocycles. The zero-order valence-electron chi connectivity index (χ0n) is 17.1. The molecule has 2 aliphatic heterocycles. The van der Waals surface area contributed by atoms with Crippen LogP contribution in [0.3, 0.4) is 0 Å². The fraction of sp³-hybridized carbons (Fsp3) is 0.364. The predicted molar refractivity (Wildman–Crippen MR) is 129 cm³/mol. The lowest BCUT2D eigenvalue weighted by atomic mass is 10.2. The van der Waals surface area contributed by atoms with Gasteiger partial charge in [0.1, 0.15) is 0 Å². The topological polar surface area (TPSA) is 61.3 Å². The summed E-state index contributed by atoms with van der Waals surface area (Å²) < 4.78 is 0. The van der Waals surface area contributed by atoms with E-state index in [1.807, 2.05) is 12.1 Å². The lowest BCUT2D eigenvalue weighted by molar-refractivity contribution is 0.643. The average Bonchev–Trinajstić information content (AvgIpc) is 3.60. The molecule has 0 amide bonds. The van der Waals surface area contributed by atoms with Crippen molar-refractivity contribution in [3.8, 4) is 9.88 Å². The van der Waals surface area contributed by atoms with Crippen LogP contribution < -0.4 is 14.7 Å². The van der Waals surface area contributed by atoms with Gasteiger partial charge in [-0.3, -0.25) is 0 Å². The SMILES string of the molecule is c1csc(-c2nnc(N3CCN(c4nc5ccccc5nc4N4CCCC4)CC3)s2)c1. The number of benzene rings is 1. The first-order valence-corrected chi connectivity index (χ1v) is 12.4. The summed E-state index contributed by atoms with van der Waals surface area (Å²) in [5.41, 5.74) is 1.94. The van der Waals surface area contributed by atoms with Crippen LogP contribution in [-0.2, 0) is 0 Å². The average molecular weight is 450 g/mol. The summed E-state index contributed by atoms with van der Waals surface area (Å²) in [6.07, 6.45) is 2.46. The number of rotatable bonds is 4. The molecule has 5 heterocycles. The van der Waals surface area contributed by atoms with Gasteiger partial charge in [0, 0.05) is 39.3 Å². The molecular weight excluding hydrogens is 426 g/mol. The summed E-state index contributed by atoms with van der Waals surface area (Å²) in [6.45, 7) is 5.76. The summed E-state index contributed by atoms with van der Waals surface area (Å²) in [4.78, 5) is 18.4. The first-order valence-electron chi connectivity index (χ1n) is 10.7. The van der Waals surface area contributed by atoms with Gasteiger partial charge in [-0.1, -0.05) is 29.5 Å². The number of nitrogens with zero attached hydrogens (tertiary/aromatic N) is 7. The first-order chi connectivity index (χ1) is 15.3. The Hall–Kier alpha value is -2.78. The third-order valence-electron chi connectivity index (χ3n) is 5.94. The minimum atomic E-state index is 0.905. The van der Waals surface area contributed by atoms with E-state index in [1.165, 1.54) is 17.7 Å². The molecule has 0 radical (unpaired) electrons. The minimum Gasteiger partial charge on any atom is -0.354 e. The van der Waals surface area contributed by atoms with Crippen LogP contribution in [0.4, 0.5) is 16.8 Å². The standard InChI is InChI=1S/C22H23N7S2/c1-2-7-17-16(6-1)23-19(27-9-3-4-10-27)20(24-17)28-11-13-29(14-12-28)22-26-25-21(31-22)18-8-5-15-30-18/h1-2,5-8,15H,3-4,9-14H2. The van der Waals surface area contributed by atoms with Crippen molar-refractivity contribution in [3.05, 3.63) is 41.8 Å². The summed E-state index contributed by atoms with van der Waals surface area (Å²) >= 11 is 3.39. The monoisotopic (exact) mass is 449 g/mol. The van der Waals surface area contributed by atoms with Crippen molar-refractivity contribution in [1.29, 1.82) is 0 Å². The van der Waals surface area contributed by atoms with Gasteiger partial charge in [-0.05, 0) is 36.4 Å². The van der Waals surface area contributed by atoms with E-state index in [1.54, 1.807) is 22.7 Å². The summed E-state index contributed by atoms with van der Waals surface area (Å²) in [5.74, 6) is 2.07. The molecule has 9 heteroatoms. The van der Waals surface area contributed by atoms with Crippen molar-refractivity contribution < 1.29 is 0 Å². The van der Waals surface area contributed by atoms with Gasteiger partial charge in [-0.2, -0.15) is 0 Å². The van der Waals surface area contributed by atoms with E-state index >= 15 is 0 Å². The highest BCUT2D eigenvalue weighted by molar-refractivity contribution is 7.22. The van der Waals surface area contributed by atoms with Crippen molar-refractivity contribution >= 4 is 50.5 Å². The Morgan fingerprint density at radius 2 is 1.32 bits per heavy atom. The Bertz CT molecular complexity index is 1180. The van der Waals surface area contributed by atoms with E-state index in [0.717, 1.165) is 72.1 Å². The predicted octanol–water partition coefficient (Wildman–Crippen LogP) is 4.14. The highest BCUT2D eigenvalue weighted by Crippen LogP contribution is 2.34. The van der Waals surface area contributed by atoms with Gasteiger partial charge in [-0.15, -0.1) is 21.5 Å².